The molecular weight excluding hydrogens is 272 g/mol. The van der Waals surface area contributed by atoms with Gasteiger partial charge in [-0.2, -0.15) is 0 Å². The molecule has 1 aromatic carbocycles. The van der Waals surface area contributed by atoms with Gasteiger partial charge in [-0.05, 0) is 37.1 Å². The van der Waals surface area contributed by atoms with Crippen LogP contribution in [-0.4, -0.2) is 39.7 Å². The number of rotatable bonds is 7. The van der Waals surface area contributed by atoms with Gasteiger partial charge in [0.1, 0.15) is 12.3 Å². The Bertz CT molecular complexity index is 580. The topological polar surface area (TPSA) is 89.3 Å². The van der Waals surface area contributed by atoms with Gasteiger partial charge in [-0.3, -0.25) is 4.79 Å². The molecule has 2 N–H and O–H groups in total. The van der Waals surface area contributed by atoms with Crippen LogP contribution in [-0.2, 0) is 17.8 Å². The quantitative estimate of drug-likeness (QED) is 0.789. The van der Waals surface area contributed by atoms with Crippen molar-refractivity contribution in [1.29, 1.82) is 0 Å². The normalized spacial score (nSPS) is 10.4. The Labute approximate surface area is 122 Å². The van der Waals surface area contributed by atoms with E-state index in [2.05, 4.69) is 15.6 Å². The summed E-state index contributed by atoms with van der Waals surface area (Å²) in [7, 11) is 1.59. The molecule has 0 spiro atoms. The summed E-state index contributed by atoms with van der Waals surface area (Å²) in [4.78, 5) is 11.9. The molecule has 0 atom stereocenters. The molecular formula is C14H18N4O3. The van der Waals surface area contributed by atoms with Gasteiger partial charge in [0.25, 0.3) is 0 Å². The number of aryl methyl sites for hydroxylation is 1. The summed E-state index contributed by atoms with van der Waals surface area (Å²) in [5, 5.41) is 19.3. The molecule has 0 aliphatic rings. The fourth-order valence-electron chi connectivity index (χ4n) is 1.81. The van der Waals surface area contributed by atoms with Crippen LogP contribution in [0.5, 0.6) is 5.75 Å². The zero-order valence-corrected chi connectivity index (χ0v) is 11.8. The van der Waals surface area contributed by atoms with Crippen LogP contribution < -0.4 is 10.1 Å². The Morgan fingerprint density at radius 1 is 1.38 bits per heavy atom. The molecule has 1 heterocycles. The lowest BCUT2D eigenvalue weighted by Crippen LogP contribution is -2.19. The first-order valence-corrected chi connectivity index (χ1v) is 6.65. The standard InChI is InChI=1S/C14H18N4O3/c1-21-13-6-4-11(5-7-13)15-14(20)10-18-9-12(16-17-18)3-2-8-19/h4-7,9,19H,2-3,8,10H2,1H3,(H,15,20). The molecule has 2 rings (SSSR count). The summed E-state index contributed by atoms with van der Waals surface area (Å²) < 4.78 is 6.53. The van der Waals surface area contributed by atoms with Crippen molar-refractivity contribution in [3.63, 3.8) is 0 Å². The van der Waals surface area contributed by atoms with E-state index >= 15 is 0 Å². The average Bonchev–Trinajstić information content (AvgIpc) is 2.93. The van der Waals surface area contributed by atoms with Crippen molar-refractivity contribution in [2.75, 3.05) is 19.0 Å². The number of anilines is 1. The highest BCUT2D eigenvalue weighted by Gasteiger charge is 2.06. The van der Waals surface area contributed by atoms with Crippen molar-refractivity contribution < 1.29 is 14.6 Å². The number of benzene rings is 1. The minimum atomic E-state index is -0.182. The van der Waals surface area contributed by atoms with Crippen LogP contribution in [0.15, 0.2) is 30.5 Å². The molecule has 2 aromatic rings. The molecule has 0 bridgehead atoms. The molecule has 21 heavy (non-hydrogen) atoms. The first kappa shape index (κ1) is 15.0. The van der Waals surface area contributed by atoms with E-state index in [1.807, 2.05) is 0 Å². The molecule has 0 saturated heterocycles. The highest BCUT2D eigenvalue weighted by molar-refractivity contribution is 5.90. The fourth-order valence-corrected chi connectivity index (χ4v) is 1.81. The second kappa shape index (κ2) is 7.39. The van der Waals surface area contributed by atoms with Crippen LogP contribution in [0.2, 0.25) is 0 Å². The highest BCUT2D eigenvalue weighted by Crippen LogP contribution is 2.14. The maximum Gasteiger partial charge on any atom is 0.246 e. The van der Waals surface area contributed by atoms with Gasteiger partial charge in [-0.1, -0.05) is 5.21 Å². The number of aliphatic hydroxyl groups excluding tert-OH is 1. The van der Waals surface area contributed by atoms with Gasteiger partial charge in [0.15, 0.2) is 0 Å². The first-order valence-electron chi connectivity index (χ1n) is 6.65. The molecule has 0 aliphatic heterocycles. The van der Waals surface area contributed by atoms with Crippen molar-refractivity contribution in [1.82, 2.24) is 15.0 Å². The number of amides is 1. The average molecular weight is 290 g/mol. The monoisotopic (exact) mass is 290 g/mol. The fraction of sp³-hybridized carbons (Fsp3) is 0.357. The summed E-state index contributed by atoms with van der Waals surface area (Å²) in [6, 6.07) is 7.09. The van der Waals surface area contributed by atoms with Gasteiger partial charge in [0.05, 0.1) is 12.8 Å². The van der Waals surface area contributed by atoms with E-state index in [0.717, 1.165) is 11.4 Å². The van der Waals surface area contributed by atoms with E-state index in [0.29, 0.717) is 18.5 Å². The predicted octanol–water partition coefficient (Wildman–Crippen LogP) is 0.850. The zero-order valence-electron chi connectivity index (χ0n) is 11.8. The van der Waals surface area contributed by atoms with Crippen molar-refractivity contribution in [2.24, 2.45) is 0 Å². The van der Waals surface area contributed by atoms with E-state index < -0.39 is 0 Å². The molecule has 0 aliphatic carbocycles. The molecule has 0 fully saturated rings. The number of methoxy groups -OCH3 is 1. The van der Waals surface area contributed by atoms with Crippen LogP contribution in [0.4, 0.5) is 5.69 Å². The summed E-state index contributed by atoms with van der Waals surface area (Å²) in [6.07, 6.45) is 3.00. The minimum absolute atomic E-state index is 0.0954. The van der Waals surface area contributed by atoms with Gasteiger partial charge in [0.2, 0.25) is 5.91 Å². The number of carbonyl (C=O) groups excluding carboxylic acids is 1. The number of carbonyl (C=O) groups is 1. The number of ether oxygens (including phenoxy) is 1. The number of nitrogens with zero attached hydrogens (tertiary/aromatic N) is 3. The van der Waals surface area contributed by atoms with Crippen LogP contribution in [0.1, 0.15) is 12.1 Å². The van der Waals surface area contributed by atoms with Crippen molar-refractivity contribution in [3.05, 3.63) is 36.2 Å². The van der Waals surface area contributed by atoms with E-state index in [4.69, 9.17) is 9.84 Å². The largest absolute Gasteiger partial charge is 0.497 e. The second-order valence-corrected chi connectivity index (χ2v) is 4.51. The molecule has 7 nitrogen and oxygen atoms in total. The van der Waals surface area contributed by atoms with Crippen molar-refractivity contribution in [3.8, 4) is 5.75 Å². The maximum atomic E-state index is 11.9. The van der Waals surface area contributed by atoms with Crippen molar-refractivity contribution >= 4 is 11.6 Å². The number of aliphatic hydroxyl groups is 1. The number of nitrogens with one attached hydrogen (secondary N) is 1. The third-order valence-corrected chi connectivity index (χ3v) is 2.86. The van der Waals surface area contributed by atoms with E-state index in [9.17, 15) is 4.79 Å². The lowest BCUT2D eigenvalue weighted by atomic mass is 10.3. The van der Waals surface area contributed by atoms with Crippen molar-refractivity contribution in [2.45, 2.75) is 19.4 Å². The van der Waals surface area contributed by atoms with Gasteiger partial charge in [-0.25, -0.2) is 4.68 Å². The second-order valence-electron chi connectivity index (χ2n) is 4.51. The zero-order chi connectivity index (χ0) is 15.1. The number of hydrogen-bond donors (Lipinski definition) is 2. The Hall–Kier alpha value is -2.41. The Morgan fingerprint density at radius 2 is 2.14 bits per heavy atom. The molecule has 1 aromatic heterocycles. The van der Waals surface area contributed by atoms with Crippen LogP contribution in [0.25, 0.3) is 0 Å². The Balaban J connectivity index is 1.87. The molecule has 0 saturated carbocycles. The SMILES string of the molecule is COc1ccc(NC(=O)Cn2cc(CCCO)nn2)cc1. The summed E-state index contributed by atoms with van der Waals surface area (Å²) >= 11 is 0. The number of aromatic nitrogens is 3. The highest BCUT2D eigenvalue weighted by atomic mass is 16.5. The summed E-state index contributed by atoms with van der Waals surface area (Å²) in [6.45, 7) is 0.211. The molecule has 7 heteroatoms. The Kier molecular flexibility index (Phi) is 5.28. The van der Waals surface area contributed by atoms with Crippen LogP contribution in [0, 0.1) is 0 Å². The van der Waals surface area contributed by atoms with E-state index in [1.54, 1.807) is 37.6 Å². The lowest BCUT2D eigenvalue weighted by molar-refractivity contribution is -0.116. The van der Waals surface area contributed by atoms with Gasteiger partial charge < -0.3 is 15.2 Å². The van der Waals surface area contributed by atoms with Crippen LogP contribution >= 0.6 is 0 Å². The molecule has 0 unspecified atom stereocenters. The predicted molar refractivity (Wildman–Crippen MR) is 77.1 cm³/mol. The Morgan fingerprint density at radius 3 is 2.81 bits per heavy atom. The third kappa shape index (κ3) is 4.57. The van der Waals surface area contributed by atoms with Gasteiger partial charge >= 0.3 is 0 Å². The van der Waals surface area contributed by atoms with Crippen LogP contribution in [0.3, 0.4) is 0 Å². The van der Waals surface area contributed by atoms with E-state index in [1.165, 1.54) is 4.68 Å². The summed E-state index contributed by atoms with van der Waals surface area (Å²) in [5.74, 6) is 0.552. The first-order chi connectivity index (χ1) is 10.2. The van der Waals surface area contributed by atoms with Gasteiger partial charge in [-0.15, -0.1) is 5.10 Å². The molecule has 0 radical (unpaired) electrons. The smallest absolute Gasteiger partial charge is 0.246 e. The number of hydrogen-bond acceptors (Lipinski definition) is 5. The van der Waals surface area contributed by atoms with Gasteiger partial charge in [0, 0.05) is 18.5 Å². The third-order valence-electron chi connectivity index (χ3n) is 2.86. The summed E-state index contributed by atoms with van der Waals surface area (Å²) in [5.41, 5.74) is 1.46. The van der Waals surface area contributed by atoms with E-state index in [-0.39, 0.29) is 19.1 Å². The molecule has 1 amide bonds. The lowest BCUT2D eigenvalue weighted by Gasteiger charge is -2.06. The maximum absolute atomic E-state index is 11.9. The minimum Gasteiger partial charge on any atom is -0.497 e. The molecule has 112 valence electrons.